The Balaban J connectivity index is 2.32. The number of esters is 1. The van der Waals surface area contributed by atoms with Gasteiger partial charge in [-0.05, 0) is 25.8 Å². The van der Waals surface area contributed by atoms with Gasteiger partial charge in [0.15, 0.2) is 12.3 Å². The number of nitro groups is 1. The molecule has 0 aliphatic heterocycles. The summed E-state index contributed by atoms with van der Waals surface area (Å²) in [5, 5.41) is 11.1. The normalized spacial score (nSPS) is 10.7. The van der Waals surface area contributed by atoms with Gasteiger partial charge < -0.3 is 15.4 Å². The number of rotatable bonds is 12. The lowest BCUT2D eigenvalue weighted by Crippen LogP contribution is -2.43. The van der Waals surface area contributed by atoms with Gasteiger partial charge in [-0.25, -0.2) is 9.59 Å². The van der Waals surface area contributed by atoms with E-state index in [1.165, 1.54) is 23.6 Å². The number of nitrogens with two attached hydrogens (primary N) is 1. The minimum absolute atomic E-state index is 0.0851. The minimum Gasteiger partial charge on any atom is -0.452 e. The van der Waals surface area contributed by atoms with Crippen LogP contribution in [0.25, 0.3) is 0 Å². The molecule has 12 nitrogen and oxygen atoms in total. The quantitative estimate of drug-likeness (QED) is 0.198. The van der Waals surface area contributed by atoms with Crippen molar-refractivity contribution in [1.29, 1.82) is 0 Å². The predicted molar refractivity (Wildman–Crippen MR) is 131 cm³/mol. The van der Waals surface area contributed by atoms with Crippen molar-refractivity contribution < 1.29 is 19.2 Å². The molecule has 12 heteroatoms. The van der Waals surface area contributed by atoms with Crippen LogP contribution in [0.3, 0.4) is 0 Å². The zero-order valence-electron chi connectivity index (χ0n) is 20.2. The van der Waals surface area contributed by atoms with Crippen molar-refractivity contribution in [1.82, 2.24) is 9.55 Å². The molecule has 0 unspecified atom stereocenters. The number of unbranched alkanes of at least 4 members (excludes halogenated alkanes) is 3. The second-order valence-corrected chi connectivity index (χ2v) is 8.09. The average Bonchev–Trinajstić information content (AvgIpc) is 2.81. The van der Waals surface area contributed by atoms with Gasteiger partial charge in [-0.3, -0.25) is 29.3 Å². The van der Waals surface area contributed by atoms with E-state index >= 15 is 0 Å². The number of carbonyl (C=O) groups excluding carboxylic acids is 2. The number of nitrogen functional groups attached to an aromatic ring is 1. The number of ether oxygens (including phenoxy) is 1. The molecule has 190 valence electrons. The summed E-state index contributed by atoms with van der Waals surface area (Å²) < 4.78 is 6.30. The first-order chi connectivity index (χ1) is 16.6. The minimum atomic E-state index is -0.926. The number of H-pyrrole nitrogens is 1. The molecule has 0 saturated heterocycles. The Morgan fingerprint density at radius 2 is 1.86 bits per heavy atom. The second kappa shape index (κ2) is 12.5. The number of anilines is 2. The van der Waals surface area contributed by atoms with Crippen LogP contribution in [0.1, 0.15) is 61.9 Å². The Hall–Kier alpha value is -3.96. The second-order valence-electron chi connectivity index (χ2n) is 8.09. The Labute approximate surface area is 201 Å². The lowest BCUT2D eigenvalue weighted by molar-refractivity contribution is -0.385. The Bertz CT molecular complexity index is 1200. The fourth-order valence-electron chi connectivity index (χ4n) is 3.48. The van der Waals surface area contributed by atoms with Gasteiger partial charge in [0, 0.05) is 24.7 Å². The SMILES string of the molecule is CCCCCN(C(=O)COC(=O)c1ccc(C)c([N+](=O)[O-])c1)c1c(N)n(CCCC)c(=O)[nH]c1=O. The third kappa shape index (κ3) is 6.78. The molecule has 1 aromatic carbocycles. The van der Waals surface area contributed by atoms with Crippen LogP contribution in [0.5, 0.6) is 0 Å². The van der Waals surface area contributed by atoms with Crippen LogP contribution in [0.2, 0.25) is 0 Å². The number of nitro benzene ring substituents is 1. The van der Waals surface area contributed by atoms with Gasteiger partial charge in [-0.15, -0.1) is 0 Å². The average molecular weight is 490 g/mol. The highest BCUT2D eigenvalue weighted by Gasteiger charge is 2.25. The van der Waals surface area contributed by atoms with Crippen LogP contribution in [0.4, 0.5) is 17.2 Å². The van der Waals surface area contributed by atoms with Crippen molar-refractivity contribution >= 4 is 29.1 Å². The molecule has 3 N–H and O–H groups in total. The van der Waals surface area contributed by atoms with Gasteiger partial charge in [-0.2, -0.15) is 0 Å². The molecule has 0 spiro atoms. The lowest BCUT2D eigenvalue weighted by atomic mass is 10.1. The molecule has 1 aromatic heterocycles. The molecule has 2 rings (SSSR count). The number of aromatic nitrogens is 2. The Kier molecular flexibility index (Phi) is 9.74. The maximum atomic E-state index is 13.1. The highest BCUT2D eigenvalue weighted by molar-refractivity contribution is 5.98. The molecule has 0 aliphatic carbocycles. The number of amides is 1. The van der Waals surface area contributed by atoms with Crippen molar-refractivity contribution in [3.63, 3.8) is 0 Å². The van der Waals surface area contributed by atoms with Crippen LogP contribution < -0.4 is 21.9 Å². The maximum Gasteiger partial charge on any atom is 0.338 e. The van der Waals surface area contributed by atoms with Crippen molar-refractivity contribution in [2.24, 2.45) is 0 Å². The van der Waals surface area contributed by atoms with E-state index < -0.39 is 34.7 Å². The van der Waals surface area contributed by atoms with Crippen LogP contribution >= 0.6 is 0 Å². The van der Waals surface area contributed by atoms with Crippen LogP contribution in [-0.2, 0) is 16.1 Å². The number of hydrogen-bond acceptors (Lipinski definition) is 8. The third-order valence-electron chi connectivity index (χ3n) is 5.47. The first kappa shape index (κ1) is 27.3. The molecular formula is C23H31N5O7. The van der Waals surface area contributed by atoms with Gasteiger partial charge in [0.05, 0.1) is 10.5 Å². The molecule has 1 amide bonds. The molecular weight excluding hydrogens is 458 g/mol. The summed E-state index contributed by atoms with van der Waals surface area (Å²) in [6, 6.07) is 3.85. The predicted octanol–water partition coefficient (Wildman–Crippen LogP) is 2.52. The van der Waals surface area contributed by atoms with E-state index in [4.69, 9.17) is 10.5 Å². The van der Waals surface area contributed by atoms with E-state index in [9.17, 15) is 29.3 Å². The summed E-state index contributed by atoms with van der Waals surface area (Å²) >= 11 is 0. The Morgan fingerprint density at radius 3 is 2.49 bits per heavy atom. The lowest BCUT2D eigenvalue weighted by Gasteiger charge is -2.24. The number of hydrogen-bond donors (Lipinski definition) is 2. The fourth-order valence-corrected chi connectivity index (χ4v) is 3.48. The summed E-state index contributed by atoms with van der Waals surface area (Å²) in [5.41, 5.74) is 4.53. The molecule has 0 atom stereocenters. The van der Waals surface area contributed by atoms with E-state index in [0.29, 0.717) is 18.4 Å². The largest absolute Gasteiger partial charge is 0.452 e. The zero-order chi connectivity index (χ0) is 26.1. The van der Waals surface area contributed by atoms with Gasteiger partial charge in [0.2, 0.25) is 0 Å². The number of nitrogens with one attached hydrogen (secondary N) is 1. The summed E-state index contributed by atoms with van der Waals surface area (Å²) in [5.74, 6) is -1.78. The van der Waals surface area contributed by atoms with Crippen molar-refractivity contribution in [3.8, 4) is 0 Å². The van der Waals surface area contributed by atoms with Crippen molar-refractivity contribution in [2.45, 2.75) is 59.4 Å². The molecule has 0 fully saturated rings. The van der Waals surface area contributed by atoms with E-state index in [1.54, 1.807) is 0 Å². The van der Waals surface area contributed by atoms with Gasteiger partial charge in [0.1, 0.15) is 5.82 Å². The highest BCUT2D eigenvalue weighted by Crippen LogP contribution is 2.21. The monoisotopic (exact) mass is 489 g/mol. The number of aryl methyl sites for hydroxylation is 1. The number of carbonyl (C=O) groups is 2. The van der Waals surface area contributed by atoms with E-state index in [2.05, 4.69) is 4.98 Å². The number of aromatic amines is 1. The molecule has 35 heavy (non-hydrogen) atoms. The third-order valence-corrected chi connectivity index (χ3v) is 5.47. The fraction of sp³-hybridized carbons (Fsp3) is 0.478. The molecule has 2 aromatic rings. The molecule has 1 heterocycles. The topological polar surface area (TPSA) is 171 Å². The summed E-state index contributed by atoms with van der Waals surface area (Å²) in [6.45, 7) is 5.11. The Morgan fingerprint density at radius 1 is 1.17 bits per heavy atom. The molecule has 0 saturated carbocycles. The molecule has 0 bridgehead atoms. The first-order valence-corrected chi connectivity index (χ1v) is 11.5. The van der Waals surface area contributed by atoms with Crippen molar-refractivity contribution in [3.05, 3.63) is 60.3 Å². The molecule has 0 radical (unpaired) electrons. The van der Waals surface area contributed by atoms with E-state index in [0.717, 1.165) is 30.2 Å². The maximum absolute atomic E-state index is 13.1. The smallest absolute Gasteiger partial charge is 0.338 e. The van der Waals surface area contributed by atoms with Crippen LogP contribution in [-0.4, -0.2) is 39.5 Å². The molecule has 0 aliphatic rings. The first-order valence-electron chi connectivity index (χ1n) is 11.5. The number of nitrogens with zero attached hydrogens (tertiary/aromatic N) is 3. The standard InChI is InChI=1S/C23H31N5O7/c1-4-6-8-12-26(19-20(24)27(11-7-5-2)23(32)25-21(19)30)18(29)14-35-22(31)16-10-9-15(3)17(13-16)28(33)34/h9-10,13H,4-8,11-12,14,24H2,1-3H3,(H,25,30,32). The summed E-state index contributed by atoms with van der Waals surface area (Å²) in [7, 11) is 0. The zero-order valence-corrected chi connectivity index (χ0v) is 20.2. The van der Waals surface area contributed by atoms with Gasteiger partial charge >= 0.3 is 11.7 Å². The summed E-state index contributed by atoms with van der Waals surface area (Å²) in [4.78, 5) is 64.3. The van der Waals surface area contributed by atoms with Crippen LogP contribution in [0.15, 0.2) is 27.8 Å². The summed E-state index contributed by atoms with van der Waals surface area (Å²) in [6.07, 6.45) is 3.59. The van der Waals surface area contributed by atoms with Gasteiger partial charge in [0.25, 0.3) is 17.2 Å². The van der Waals surface area contributed by atoms with Crippen molar-refractivity contribution in [2.75, 3.05) is 23.8 Å². The number of benzene rings is 1. The van der Waals surface area contributed by atoms with E-state index in [-0.39, 0.29) is 35.8 Å². The van der Waals surface area contributed by atoms with E-state index in [1.807, 2.05) is 13.8 Å². The van der Waals surface area contributed by atoms with Crippen LogP contribution in [0, 0.1) is 17.0 Å². The van der Waals surface area contributed by atoms with Gasteiger partial charge in [-0.1, -0.05) is 39.2 Å². The highest BCUT2D eigenvalue weighted by atomic mass is 16.6.